The van der Waals surface area contributed by atoms with E-state index in [4.69, 9.17) is 18.9 Å². The molecule has 0 spiro atoms. The Labute approximate surface area is 449 Å². The number of hydrogen-bond acceptors (Lipinski definition) is 13. The molecule has 2 rings (SSSR count). The van der Waals surface area contributed by atoms with Crippen molar-refractivity contribution >= 4 is 5.91 Å². The molecule has 0 saturated carbocycles. The summed E-state index contributed by atoms with van der Waals surface area (Å²) in [5.41, 5.74) is 0. The number of hydrogen-bond donors (Lipinski definition) is 9. The number of allylic oxidation sites excluding steroid dienone is 5. The van der Waals surface area contributed by atoms with Crippen molar-refractivity contribution in [3.8, 4) is 0 Å². The number of rotatable bonds is 48. The van der Waals surface area contributed by atoms with Gasteiger partial charge in [0.05, 0.1) is 32.0 Å². The van der Waals surface area contributed by atoms with Gasteiger partial charge in [-0.05, 0) is 57.8 Å². The Kier molecular flexibility index (Phi) is 42.6. The minimum Gasteiger partial charge on any atom is -0.394 e. The molecule has 0 aromatic rings. The van der Waals surface area contributed by atoms with Gasteiger partial charge < -0.3 is 65.1 Å². The lowest BCUT2D eigenvalue weighted by Crippen LogP contribution is -2.65. The topological polar surface area (TPSA) is 228 Å². The van der Waals surface area contributed by atoms with Gasteiger partial charge >= 0.3 is 0 Å². The van der Waals surface area contributed by atoms with Gasteiger partial charge in [0.2, 0.25) is 5.91 Å². The zero-order chi connectivity index (χ0) is 53.9. The maximum Gasteiger partial charge on any atom is 0.220 e. The van der Waals surface area contributed by atoms with E-state index in [2.05, 4.69) is 43.5 Å². The molecule has 12 unspecified atom stereocenters. The first-order valence-corrected chi connectivity index (χ1v) is 30.2. The molecule has 2 fully saturated rings. The smallest absolute Gasteiger partial charge is 0.220 e. The minimum atomic E-state index is -1.79. The van der Waals surface area contributed by atoms with Gasteiger partial charge in [-0.25, -0.2) is 0 Å². The monoisotopic (exact) mass is 1050 g/mol. The lowest BCUT2D eigenvalue weighted by atomic mass is 9.97. The Morgan fingerprint density at radius 2 is 0.865 bits per heavy atom. The van der Waals surface area contributed by atoms with Crippen LogP contribution in [-0.4, -0.2) is 140 Å². The average Bonchev–Trinajstić information content (AvgIpc) is 3.40. The molecule has 2 aliphatic heterocycles. The van der Waals surface area contributed by atoms with Crippen molar-refractivity contribution in [2.75, 3.05) is 19.8 Å². The SMILES string of the molecule is CCCCCCCCC/C=C\CCCCCCCC(=O)NC(COC1OC(CO)C(OC2OC(CO)C(O)C(O)C2O)C(O)C1O)C(O)/C=C/CC/C=C/CCCCCCCCCCCCCCCCCCCC. The fourth-order valence-electron chi connectivity index (χ4n) is 9.89. The van der Waals surface area contributed by atoms with Crippen LogP contribution in [0.4, 0.5) is 0 Å². The third-order valence-electron chi connectivity index (χ3n) is 14.8. The number of carbonyl (C=O) groups excluding carboxylic acids is 1. The molecular weight excluding hydrogens is 943 g/mol. The Bertz CT molecular complexity index is 1380. The summed E-state index contributed by atoms with van der Waals surface area (Å²) >= 11 is 0. The van der Waals surface area contributed by atoms with E-state index in [1.807, 2.05) is 6.08 Å². The van der Waals surface area contributed by atoms with E-state index in [1.165, 1.54) is 161 Å². The Morgan fingerprint density at radius 1 is 0.473 bits per heavy atom. The van der Waals surface area contributed by atoms with Gasteiger partial charge in [-0.3, -0.25) is 4.79 Å². The summed E-state index contributed by atoms with van der Waals surface area (Å²) in [6.45, 7) is 2.79. The van der Waals surface area contributed by atoms with Gasteiger partial charge in [0, 0.05) is 6.42 Å². The van der Waals surface area contributed by atoms with Gasteiger partial charge in [0.25, 0.3) is 0 Å². The fraction of sp³-hybridized carbons (Fsp3) is 0.883. The van der Waals surface area contributed by atoms with Crippen molar-refractivity contribution in [1.29, 1.82) is 0 Å². The fourth-order valence-corrected chi connectivity index (χ4v) is 9.89. The average molecular weight is 1050 g/mol. The second kappa shape index (κ2) is 46.2. The molecule has 9 N–H and O–H groups in total. The van der Waals surface area contributed by atoms with Crippen LogP contribution in [0.15, 0.2) is 36.5 Å². The summed E-state index contributed by atoms with van der Waals surface area (Å²) in [6, 6.07) is -0.935. The van der Waals surface area contributed by atoms with Crippen molar-refractivity contribution in [2.24, 2.45) is 0 Å². The Morgan fingerprint density at radius 3 is 1.32 bits per heavy atom. The highest BCUT2D eigenvalue weighted by Gasteiger charge is 2.51. The highest BCUT2D eigenvalue weighted by Crippen LogP contribution is 2.30. The van der Waals surface area contributed by atoms with Crippen molar-refractivity contribution in [3.63, 3.8) is 0 Å². The lowest BCUT2D eigenvalue weighted by Gasteiger charge is -2.46. The quantitative estimate of drug-likeness (QED) is 0.0204. The van der Waals surface area contributed by atoms with Crippen molar-refractivity contribution in [1.82, 2.24) is 5.32 Å². The van der Waals surface area contributed by atoms with Gasteiger partial charge in [-0.15, -0.1) is 0 Å². The van der Waals surface area contributed by atoms with E-state index in [9.17, 15) is 45.6 Å². The van der Waals surface area contributed by atoms with Gasteiger partial charge in [-0.1, -0.05) is 217 Å². The molecule has 2 saturated heterocycles. The third kappa shape index (κ3) is 31.6. The molecule has 14 nitrogen and oxygen atoms in total. The van der Waals surface area contributed by atoms with Crippen LogP contribution in [0.1, 0.15) is 245 Å². The number of aliphatic hydroxyl groups excluding tert-OH is 8. The summed E-state index contributed by atoms with van der Waals surface area (Å²) in [5.74, 6) is -0.256. The number of carbonyl (C=O) groups is 1. The summed E-state index contributed by atoms with van der Waals surface area (Å²) in [4.78, 5) is 13.2. The first-order chi connectivity index (χ1) is 36.1. The van der Waals surface area contributed by atoms with E-state index in [0.29, 0.717) is 12.8 Å². The number of nitrogens with one attached hydrogen (secondary N) is 1. The summed E-state index contributed by atoms with van der Waals surface area (Å²) < 4.78 is 22.8. The van der Waals surface area contributed by atoms with Crippen LogP contribution < -0.4 is 5.32 Å². The molecule has 2 aliphatic rings. The largest absolute Gasteiger partial charge is 0.394 e. The number of unbranched alkanes of at least 4 members (excludes halogenated alkanes) is 31. The van der Waals surface area contributed by atoms with Crippen molar-refractivity contribution < 1.29 is 64.6 Å². The highest BCUT2D eigenvalue weighted by atomic mass is 16.7. The van der Waals surface area contributed by atoms with Crippen LogP contribution in [0.5, 0.6) is 0 Å². The predicted octanol–water partition coefficient (Wildman–Crippen LogP) is 10.2. The zero-order valence-corrected chi connectivity index (χ0v) is 46.6. The summed E-state index contributed by atoms with van der Waals surface area (Å²) in [6.07, 6.45) is 39.0. The molecular formula is C60H111NO13. The zero-order valence-electron chi connectivity index (χ0n) is 46.6. The molecule has 0 aliphatic carbocycles. The molecule has 14 heteroatoms. The third-order valence-corrected chi connectivity index (χ3v) is 14.8. The molecule has 2 heterocycles. The first-order valence-electron chi connectivity index (χ1n) is 30.2. The molecule has 434 valence electrons. The standard InChI is InChI=1S/C60H111NO13/c1-3-5-7-9-11-13-15-17-19-21-22-23-24-25-26-27-28-29-31-33-35-37-39-41-43-49(64)48(61-52(65)44-42-40-38-36-34-32-30-20-18-16-14-12-10-8-6-4-2)47-71-59-57(70)55(68)58(51(46-63)73-59)74-60-56(69)54(67)53(66)50(45-62)72-60/h20,30,33,35,41,43,48-51,53-60,62-64,66-70H,3-19,21-29,31-32,34,36-40,42,44-47H2,1-2H3,(H,61,65)/b30-20-,35-33+,43-41+. The second-order valence-corrected chi connectivity index (χ2v) is 21.5. The van der Waals surface area contributed by atoms with Crippen LogP contribution in [-0.2, 0) is 23.7 Å². The molecule has 0 aromatic carbocycles. The summed E-state index contributed by atoms with van der Waals surface area (Å²) in [7, 11) is 0. The first kappa shape index (κ1) is 68.3. The molecule has 0 aromatic heterocycles. The normalized spacial score (nSPS) is 25.4. The molecule has 12 atom stereocenters. The second-order valence-electron chi connectivity index (χ2n) is 21.5. The lowest BCUT2D eigenvalue weighted by molar-refractivity contribution is -0.359. The Balaban J connectivity index is 1.78. The van der Waals surface area contributed by atoms with E-state index < -0.39 is 86.8 Å². The van der Waals surface area contributed by atoms with E-state index in [0.717, 1.165) is 51.4 Å². The molecule has 1 amide bonds. The highest BCUT2D eigenvalue weighted by molar-refractivity contribution is 5.76. The van der Waals surface area contributed by atoms with Crippen LogP contribution >= 0.6 is 0 Å². The Hall–Kier alpha value is -1.79. The molecule has 0 bridgehead atoms. The van der Waals surface area contributed by atoms with Crippen molar-refractivity contribution in [3.05, 3.63) is 36.5 Å². The van der Waals surface area contributed by atoms with E-state index in [-0.39, 0.29) is 18.9 Å². The molecule has 0 radical (unpaired) electrons. The number of amides is 1. The molecule has 74 heavy (non-hydrogen) atoms. The summed E-state index contributed by atoms with van der Waals surface area (Å²) in [5, 5.41) is 87.0. The van der Waals surface area contributed by atoms with E-state index in [1.54, 1.807) is 6.08 Å². The predicted molar refractivity (Wildman–Crippen MR) is 295 cm³/mol. The van der Waals surface area contributed by atoms with Gasteiger partial charge in [-0.2, -0.15) is 0 Å². The van der Waals surface area contributed by atoms with Crippen LogP contribution in [0, 0.1) is 0 Å². The minimum absolute atomic E-state index is 0.256. The van der Waals surface area contributed by atoms with Crippen LogP contribution in [0.2, 0.25) is 0 Å². The number of aliphatic hydroxyl groups is 8. The number of ether oxygens (including phenoxy) is 4. The van der Waals surface area contributed by atoms with Crippen molar-refractivity contribution in [2.45, 2.75) is 319 Å². The van der Waals surface area contributed by atoms with Gasteiger partial charge in [0.1, 0.15) is 48.8 Å². The van der Waals surface area contributed by atoms with Gasteiger partial charge in [0.15, 0.2) is 12.6 Å². The maximum atomic E-state index is 13.2. The maximum absolute atomic E-state index is 13.2. The van der Waals surface area contributed by atoms with E-state index >= 15 is 0 Å². The van der Waals surface area contributed by atoms with Crippen LogP contribution in [0.25, 0.3) is 0 Å². The van der Waals surface area contributed by atoms with Crippen LogP contribution in [0.3, 0.4) is 0 Å².